The Balaban J connectivity index is 2.50. The highest BCUT2D eigenvalue weighted by atomic mass is 16.1. The molecule has 3 nitrogen and oxygen atoms in total. The van der Waals surface area contributed by atoms with Crippen LogP contribution in [0.15, 0.2) is 18.3 Å². The lowest BCUT2D eigenvalue weighted by Crippen LogP contribution is -2.25. The number of Topliss-reactive ketones (excluding diaryl/α,β-unsaturated/α-hetero) is 1. The van der Waals surface area contributed by atoms with Gasteiger partial charge in [0.1, 0.15) is 0 Å². The molecule has 0 unspecified atom stereocenters. The summed E-state index contributed by atoms with van der Waals surface area (Å²) >= 11 is 0. The van der Waals surface area contributed by atoms with E-state index in [9.17, 15) is 4.79 Å². The van der Waals surface area contributed by atoms with Crippen molar-refractivity contribution in [2.45, 2.75) is 6.92 Å². The quantitative estimate of drug-likeness (QED) is 0.681. The number of H-pyrrole nitrogens is 1. The van der Waals surface area contributed by atoms with Gasteiger partial charge in [0, 0.05) is 6.20 Å². The molecule has 0 saturated carbocycles. The van der Waals surface area contributed by atoms with Crippen LogP contribution in [0, 0.1) is 0 Å². The number of hydrogen-bond acceptors (Lipinski definition) is 2. The van der Waals surface area contributed by atoms with Crippen LogP contribution in [-0.4, -0.2) is 35.8 Å². The number of rotatable bonds is 4. The molecular weight excluding hydrogens is 152 g/mol. The highest BCUT2D eigenvalue weighted by Gasteiger charge is 2.07. The average molecular weight is 166 g/mol. The molecule has 0 atom stereocenters. The Hall–Kier alpha value is -1.09. The van der Waals surface area contributed by atoms with Crippen LogP contribution >= 0.6 is 0 Å². The van der Waals surface area contributed by atoms with Gasteiger partial charge < -0.3 is 4.98 Å². The molecule has 0 radical (unpaired) electrons. The molecule has 1 aromatic heterocycles. The number of carbonyl (C=O) groups excluding carboxylic acids is 1. The topological polar surface area (TPSA) is 36.1 Å². The maximum Gasteiger partial charge on any atom is 0.192 e. The van der Waals surface area contributed by atoms with Gasteiger partial charge in [0.05, 0.1) is 12.2 Å². The molecule has 0 aromatic carbocycles. The predicted molar refractivity (Wildman–Crippen MR) is 48.3 cm³/mol. The van der Waals surface area contributed by atoms with Crippen molar-refractivity contribution in [3.63, 3.8) is 0 Å². The van der Waals surface area contributed by atoms with Crippen LogP contribution < -0.4 is 0 Å². The van der Waals surface area contributed by atoms with Crippen LogP contribution in [0.2, 0.25) is 0 Å². The van der Waals surface area contributed by atoms with E-state index < -0.39 is 0 Å². The summed E-state index contributed by atoms with van der Waals surface area (Å²) in [5, 5.41) is 0. The van der Waals surface area contributed by atoms with Crippen LogP contribution in [0.3, 0.4) is 0 Å². The highest BCUT2D eigenvalue weighted by Crippen LogP contribution is 1.97. The van der Waals surface area contributed by atoms with Crippen LogP contribution in [0.5, 0.6) is 0 Å². The third-order valence-corrected chi connectivity index (χ3v) is 1.85. The summed E-state index contributed by atoms with van der Waals surface area (Å²) in [5.41, 5.74) is 0.690. The standard InChI is InChI=1S/C9H14N2O/c1-3-11(2)7-9(12)8-5-4-6-10-8/h4-6,10H,3,7H2,1-2H3. The van der Waals surface area contributed by atoms with Gasteiger partial charge in [0.2, 0.25) is 0 Å². The monoisotopic (exact) mass is 166 g/mol. The Bertz CT molecular complexity index is 241. The number of hydrogen-bond donors (Lipinski definition) is 1. The molecule has 1 aromatic rings. The first-order chi connectivity index (χ1) is 5.74. The van der Waals surface area contributed by atoms with Gasteiger partial charge >= 0.3 is 0 Å². The summed E-state index contributed by atoms with van der Waals surface area (Å²) in [6.45, 7) is 3.41. The van der Waals surface area contributed by atoms with Gasteiger partial charge in [-0.25, -0.2) is 0 Å². The zero-order chi connectivity index (χ0) is 8.97. The first kappa shape index (κ1) is 9.00. The maximum atomic E-state index is 11.4. The number of likely N-dealkylation sites (N-methyl/N-ethyl adjacent to an activating group) is 1. The zero-order valence-electron chi connectivity index (χ0n) is 7.50. The van der Waals surface area contributed by atoms with E-state index in [1.54, 1.807) is 12.3 Å². The van der Waals surface area contributed by atoms with Gasteiger partial charge in [-0.2, -0.15) is 0 Å². The molecular formula is C9H14N2O. The van der Waals surface area contributed by atoms with Crippen molar-refractivity contribution < 1.29 is 4.79 Å². The molecule has 0 aliphatic heterocycles. The first-order valence-electron chi connectivity index (χ1n) is 4.09. The van der Waals surface area contributed by atoms with Crippen molar-refractivity contribution in [1.82, 2.24) is 9.88 Å². The van der Waals surface area contributed by atoms with Gasteiger partial charge in [-0.1, -0.05) is 6.92 Å². The van der Waals surface area contributed by atoms with E-state index >= 15 is 0 Å². The molecule has 0 aliphatic carbocycles. The van der Waals surface area contributed by atoms with Crippen molar-refractivity contribution in [1.29, 1.82) is 0 Å². The molecule has 0 fully saturated rings. The molecule has 12 heavy (non-hydrogen) atoms. The SMILES string of the molecule is CCN(C)CC(=O)c1ccc[nH]1. The second-order valence-electron chi connectivity index (χ2n) is 2.84. The second kappa shape index (κ2) is 4.07. The number of aromatic amines is 1. The van der Waals surface area contributed by atoms with E-state index in [1.807, 2.05) is 24.9 Å². The Morgan fingerprint density at radius 2 is 2.42 bits per heavy atom. The van der Waals surface area contributed by atoms with Crippen molar-refractivity contribution in [2.24, 2.45) is 0 Å². The third kappa shape index (κ3) is 2.20. The van der Waals surface area contributed by atoms with Gasteiger partial charge in [-0.15, -0.1) is 0 Å². The lowest BCUT2D eigenvalue weighted by molar-refractivity contribution is 0.0944. The molecule has 1 N–H and O–H groups in total. The van der Waals surface area contributed by atoms with Crippen molar-refractivity contribution in [3.8, 4) is 0 Å². The Kier molecular flexibility index (Phi) is 3.05. The molecule has 0 aliphatic rings. The molecule has 0 amide bonds. The summed E-state index contributed by atoms with van der Waals surface area (Å²) in [4.78, 5) is 16.3. The number of nitrogens with zero attached hydrogens (tertiary/aromatic N) is 1. The minimum Gasteiger partial charge on any atom is -0.359 e. The third-order valence-electron chi connectivity index (χ3n) is 1.85. The van der Waals surface area contributed by atoms with Crippen LogP contribution in [-0.2, 0) is 0 Å². The lowest BCUT2D eigenvalue weighted by atomic mass is 10.3. The number of nitrogens with one attached hydrogen (secondary N) is 1. The number of aromatic nitrogens is 1. The number of ketones is 1. The lowest BCUT2D eigenvalue weighted by Gasteiger charge is -2.11. The van der Waals surface area contributed by atoms with E-state index in [2.05, 4.69) is 4.98 Å². The second-order valence-corrected chi connectivity index (χ2v) is 2.84. The molecule has 0 saturated heterocycles. The smallest absolute Gasteiger partial charge is 0.192 e. The Labute approximate surface area is 72.4 Å². The van der Waals surface area contributed by atoms with Crippen LogP contribution in [0.4, 0.5) is 0 Å². The van der Waals surface area contributed by atoms with Crippen molar-refractivity contribution >= 4 is 5.78 Å². The predicted octanol–water partition coefficient (Wildman–Crippen LogP) is 1.15. The van der Waals surface area contributed by atoms with E-state index in [4.69, 9.17) is 0 Å². The minimum atomic E-state index is 0.143. The average Bonchev–Trinajstić information content (AvgIpc) is 2.56. The van der Waals surface area contributed by atoms with Gasteiger partial charge in [0.15, 0.2) is 5.78 Å². The molecule has 66 valence electrons. The Morgan fingerprint density at radius 1 is 1.67 bits per heavy atom. The summed E-state index contributed by atoms with van der Waals surface area (Å²) in [7, 11) is 1.93. The number of carbonyl (C=O) groups is 1. The molecule has 1 rings (SSSR count). The van der Waals surface area contributed by atoms with Crippen LogP contribution in [0.1, 0.15) is 17.4 Å². The first-order valence-corrected chi connectivity index (χ1v) is 4.09. The normalized spacial score (nSPS) is 10.6. The maximum absolute atomic E-state index is 11.4. The molecule has 1 heterocycles. The minimum absolute atomic E-state index is 0.143. The van der Waals surface area contributed by atoms with Gasteiger partial charge in [-0.05, 0) is 25.7 Å². The van der Waals surface area contributed by atoms with Gasteiger partial charge in [0.25, 0.3) is 0 Å². The van der Waals surface area contributed by atoms with Crippen molar-refractivity contribution in [3.05, 3.63) is 24.0 Å². The highest BCUT2D eigenvalue weighted by molar-refractivity contribution is 5.95. The summed E-state index contributed by atoms with van der Waals surface area (Å²) in [6, 6.07) is 3.63. The summed E-state index contributed by atoms with van der Waals surface area (Å²) in [5.74, 6) is 0.143. The van der Waals surface area contributed by atoms with Crippen molar-refractivity contribution in [2.75, 3.05) is 20.1 Å². The fourth-order valence-corrected chi connectivity index (χ4v) is 0.946. The molecule has 0 spiro atoms. The fraction of sp³-hybridized carbons (Fsp3) is 0.444. The zero-order valence-corrected chi connectivity index (χ0v) is 7.50. The van der Waals surface area contributed by atoms with E-state index in [0.29, 0.717) is 12.2 Å². The van der Waals surface area contributed by atoms with E-state index in [0.717, 1.165) is 6.54 Å². The summed E-state index contributed by atoms with van der Waals surface area (Å²) < 4.78 is 0. The summed E-state index contributed by atoms with van der Waals surface area (Å²) in [6.07, 6.45) is 1.76. The van der Waals surface area contributed by atoms with E-state index in [1.165, 1.54) is 0 Å². The van der Waals surface area contributed by atoms with E-state index in [-0.39, 0.29) is 5.78 Å². The molecule has 3 heteroatoms. The fourth-order valence-electron chi connectivity index (χ4n) is 0.946. The van der Waals surface area contributed by atoms with Crippen LogP contribution in [0.25, 0.3) is 0 Å². The van der Waals surface area contributed by atoms with Gasteiger partial charge in [-0.3, -0.25) is 9.69 Å². The largest absolute Gasteiger partial charge is 0.359 e. The Morgan fingerprint density at radius 3 is 2.92 bits per heavy atom. The molecule has 0 bridgehead atoms.